The fourth-order valence-corrected chi connectivity index (χ4v) is 3.51. The molecular weight excluding hydrogens is 178 g/mol. The largest absolute Gasteiger partial charge is 0.327 e. The lowest BCUT2D eigenvalue weighted by Crippen LogP contribution is -2.31. The van der Waals surface area contributed by atoms with Crippen LogP contribution in [0.3, 0.4) is 0 Å². The van der Waals surface area contributed by atoms with Crippen molar-refractivity contribution in [3.63, 3.8) is 0 Å². The number of thioether (sulfide) groups is 1. The van der Waals surface area contributed by atoms with Crippen molar-refractivity contribution < 1.29 is 0 Å². The van der Waals surface area contributed by atoms with Crippen LogP contribution in [-0.4, -0.2) is 17.5 Å². The molecule has 1 saturated heterocycles. The van der Waals surface area contributed by atoms with Crippen LogP contribution in [0.4, 0.5) is 0 Å². The van der Waals surface area contributed by atoms with Gasteiger partial charge in [-0.25, -0.2) is 0 Å². The van der Waals surface area contributed by atoms with Gasteiger partial charge in [-0.1, -0.05) is 26.7 Å². The molecule has 1 rings (SSSR count). The SMILES string of the molecule is CCCC(C)CC(N)C1CCSC1. The first kappa shape index (κ1) is 11.4. The second kappa shape index (κ2) is 5.92. The minimum Gasteiger partial charge on any atom is -0.327 e. The van der Waals surface area contributed by atoms with Crippen molar-refractivity contribution >= 4 is 11.8 Å². The van der Waals surface area contributed by atoms with Crippen molar-refractivity contribution in [3.8, 4) is 0 Å². The van der Waals surface area contributed by atoms with Crippen LogP contribution >= 0.6 is 11.8 Å². The standard InChI is InChI=1S/C11H23NS/c1-3-4-9(2)7-11(12)10-5-6-13-8-10/h9-11H,3-8,12H2,1-2H3. The molecule has 0 aromatic rings. The quantitative estimate of drug-likeness (QED) is 0.740. The monoisotopic (exact) mass is 201 g/mol. The van der Waals surface area contributed by atoms with E-state index >= 15 is 0 Å². The summed E-state index contributed by atoms with van der Waals surface area (Å²) in [5.41, 5.74) is 6.20. The van der Waals surface area contributed by atoms with Gasteiger partial charge in [0.05, 0.1) is 0 Å². The van der Waals surface area contributed by atoms with Gasteiger partial charge in [0.25, 0.3) is 0 Å². The predicted octanol–water partition coefficient (Wildman–Crippen LogP) is 2.89. The van der Waals surface area contributed by atoms with E-state index in [-0.39, 0.29) is 0 Å². The zero-order valence-electron chi connectivity index (χ0n) is 8.96. The highest BCUT2D eigenvalue weighted by atomic mass is 32.2. The van der Waals surface area contributed by atoms with Gasteiger partial charge in [-0.05, 0) is 36.2 Å². The van der Waals surface area contributed by atoms with Crippen molar-refractivity contribution in [2.24, 2.45) is 17.6 Å². The van der Waals surface area contributed by atoms with E-state index in [0.717, 1.165) is 11.8 Å². The van der Waals surface area contributed by atoms with E-state index in [1.165, 1.54) is 37.2 Å². The third-order valence-electron chi connectivity index (χ3n) is 3.03. The smallest absolute Gasteiger partial charge is 0.00778 e. The molecule has 2 N–H and O–H groups in total. The molecule has 2 heteroatoms. The Morgan fingerprint density at radius 1 is 1.54 bits per heavy atom. The second-order valence-corrected chi connectivity index (χ2v) is 5.57. The third-order valence-corrected chi connectivity index (χ3v) is 4.21. The highest BCUT2D eigenvalue weighted by Gasteiger charge is 2.23. The van der Waals surface area contributed by atoms with Gasteiger partial charge in [-0.15, -0.1) is 0 Å². The molecule has 0 aromatic carbocycles. The van der Waals surface area contributed by atoms with Gasteiger partial charge in [0.2, 0.25) is 0 Å². The van der Waals surface area contributed by atoms with E-state index in [1.807, 2.05) is 0 Å². The fraction of sp³-hybridized carbons (Fsp3) is 1.00. The average Bonchev–Trinajstić information content (AvgIpc) is 2.55. The average molecular weight is 201 g/mol. The molecule has 1 fully saturated rings. The number of hydrogen-bond acceptors (Lipinski definition) is 2. The molecule has 3 unspecified atom stereocenters. The first-order valence-electron chi connectivity index (χ1n) is 5.57. The molecule has 1 aliphatic rings. The molecule has 3 atom stereocenters. The minimum absolute atomic E-state index is 0.469. The molecule has 13 heavy (non-hydrogen) atoms. The number of hydrogen-bond donors (Lipinski definition) is 1. The van der Waals surface area contributed by atoms with Crippen LogP contribution in [-0.2, 0) is 0 Å². The second-order valence-electron chi connectivity index (χ2n) is 4.42. The van der Waals surface area contributed by atoms with Crippen LogP contribution in [0, 0.1) is 11.8 Å². The van der Waals surface area contributed by atoms with Crippen molar-refractivity contribution in [2.45, 2.75) is 45.6 Å². The van der Waals surface area contributed by atoms with Crippen molar-refractivity contribution in [1.82, 2.24) is 0 Å². The normalized spacial score (nSPS) is 27.5. The Morgan fingerprint density at radius 2 is 2.31 bits per heavy atom. The number of nitrogens with two attached hydrogens (primary N) is 1. The topological polar surface area (TPSA) is 26.0 Å². The van der Waals surface area contributed by atoms with Gasteiger partial charge in [-0.3, -0.25) is 0 Å². The minimum atomic E-state index is 0.469. The lowest BCUT2D eigenvalue weighted by atomic mass is 9.89. The van der Waals surface area contributed by atoms with E-state index in [2.05, 4.69) is 25.6 Å². The van der Waals surface area contributed by atoms with E-state index in [9.17, 15) is 0 Å². The van der Waals surface area contributed by atoms with Crippen molar-refractivity contribution in [3.05, 3.63) is 0 Å². The van der Waals surface area contributed by atoms with Gasteiger partial charge in [0, 0.05) is 6.04 Å². The Balaban J connectivity index is 2.18. The molecular formula is C11H23NS. The molecule has 1 nitrogen and oxygen atoms in total. The van der Waals surface area contributed by atoms with E-state index in [1.54, 1.807) is 0 Å². The maximum Gasteiger partial charge on any atom is 0.00778 e. The molecule has 78 valence electrons. The van der Waals surface area contributed by atoms with E-state index < -0.39 is 0 Å². The molecule has 0 amide bonds. The van der Waals surface area contributed by atoms with Crippen molar-refractivity contribution in [1.29, 1.82) is 0 Å². The molecule has 0 aromatic heterocycles. The molecule has 0 radical (unpaired) electrons. The molecule has 0 bridgehead atoms. The molecule has 0 aliphatic carbocycles. The van der Waals surface area contributed by atoms with Gasteiger partial charge in [0.1, 0.15) is 0 Å². The van der Waals surface area contributed by atoms with Crippen LogP contribution in [0.2, 0.25) is 0 Å². The fourth-order valence-electron chi connectivity index (χ4n) is 2.16. The summed E-state index contributed by atoms with van der Waals surface area (Å²) in [5.74, 6) is 4.27. The Hall–Kier alpha value is 0.310. The summed E-state index contributed by atoms with van der Waals surface area (Å²) in [6.07, 6.45) is 5.23. The first-order chi connectivity index (χ1) is 6.24. The molecule has 1 aliphatic heterocycles. The van der Waals surface area contributed by atoms with Gasteiger partial charge >= 0.3 is 0 Å². The van der Waals surface area contributed by atoms with Crippen molar-refractivity contribution in [2.75, 3.05) is 11.5 Å². The molecule has 0 saturated carbocycles. The van der Waals surface area contributed by atoms with E-state index in [4.69, 9.17) is 5.73 Å². The Labute approximate surface area is 86.8 Å². The van der Waals surface area contributed by atoms with E-state index in [0.29, 0.717) is 6.04 Å². The Kier molecular flexibility index (Phi) is 5.18. The summed E-state index contributed by atoms with van der Waals surface area (Å²) >= 11 is 2.07. The summed E-state index contributed by atoms with van der Waals surface area (Å²) in [6.45, 7) is 4.60. The lowest BCUT2D eigenvalue weighted by Gasteiger charge is -2.21. The van der Waals surface area contributed by atoms with Gasteiger partial charge < -0.3 is 5.73 Å². The highest BCUT2D eigenvalue weighted by molar-refractivity contribution is 7.99. The summed E-state index contributed by atoms with van der Waals surface area (Å²) in [4.78, 5) is 0. The highest BCUT2D eigenvalue weighted by Crippen LogP contribution is 2.28. The Morgan fingerprint density at radius 3 is 2.85 bits per heavy atom. The van der Waals surface area contributed by atoms with Crippen LogP contribution in [0.15, 0.2) is 0 Å². The van der Waals surface area contributed by atoms with Crippen LogP contribution in [0.5, 0.6) is 0 Å². The zero-order chi connectivity index (χ0) is 9.68. The van der Waals surface area contributed by atoms with Crippen LogP contribution in [0.1, 0.15) is 39.5 Å². The summed E-state index contributed by atoms with van der Waals surface area (Å²) < 4.78 is 0. The summed E-state index contributed by atoms with van der Waals surface area (Å²) in [6, 6.07) is 0.469. The van der Waals surface area contributed by atoms with Gasteiger partial charge in [-0.2, -0.15) is 11.8 Å². The molecule has 0 spiro atoms. The summed E-state index contributed by atoms with van der Waals surface area (Å²) in [5, 5.41) is 0. The number of rotatable bonds is 5. The maximum absolute atomic E-state index is 6.20. The predicted molar refractivity (Wildman–Crippen MR) is 62.1 cm³/mol. The molecule has 1 heterocycles. The first-order valence-corrected chi connectivity index (χ1v) is 6.72. The summed E-state index contributed by atoms with van der Waals surface area (Å²) in [7, 11) is 0. The van der Waals surface area contributed by atoms with Crippen LogP contribution < -0.4 is 5.73 Å². The maximum atomic E-state index is 6.20. The Bertz CT molecular complexity index is 132. The third kappa shape index (κ3) is 3.90. The lowest BCUT2D eigenvalue weighted by molar-refractivity contribution is 0.362. The zero-order valence-corrected chi connectivity index (χ0v) is 9.78. The van der Waals surface area contributed by atoms with Crippen LogP contribution in [0.25, 0.3) is 0 Å². The van der Waals surface area contributed by atoms with Gasteiger partial charge in [0.15, 0.2) is 0 Å².